The maximum absolute atomic E-state index is 5.60. The van der Waals surface area contributed by atoms with Crippen molar-refractivity contribution in [1.82, 2.24) is 0 Å². The van der Waals surface area contributed by atoms with Crippen LogP contribution in [-0.4, -0.2) is 18.8 Å². The van der Waals surface area contributed by atoms with Crippen molar-refractivity contribution in [3.8, 4) is 0 Å². The zero-order chi connectivity index (χ0) is 8.27. The van der Waals surface area contributed by atoms with Crippen molar-refractivity contribution in [2.24, 2.45) is 5.73 Å². The van der Waals surface area contributed by atoms with Crippen LogP contribution in [0.25, 0.3) is 0 Å². The topological polar surface area (TPSA) is 35.2 Å². The highest BCUT2D eigenvalue weighted by Gasteiger charge is 2.26. The van der Waals surface area contributed by atoms with E-state index < -0.39 is 0 Å². The Bertz CT molecular complexity index is 155. The molecule has 0 saturated heterocycles. The zero-order valence-corrected chi connectivity index (χ0v) is 7.61. The lowest BCUT2D eigenvalue weighted by atomic mass is 9.90. The molecule has 2 nitrogen and oxygen atoms in total. The smallest absolute Gasteiger partial charge is 0.0835 e. The molecule has 4 heteroatoms. The molecule has 11 heavy (non-hydrogen) atoms. The van der Waals surface area contributed by atoms with Crippen LogP contribution in [0.15, 0.2) is 10.6 Å². The minimum atomic E-state index is 0.287. The lowest BCUT2D eigenvalue weighted by molar-refractivity contribution is 0.00581. The van der Waals surface area contributed by atoms with Crippen LogP contribution >= 0.6 is 23.2 Å². The lowest BCUT2D eigenvalue weighted by Gasteiger charge is -2.31. The van der Waals surface area contributed by atoms with Gasteiger partial charge in [-0.25, -0.2) is 0 Å². The molecule has 1 aliphatic rings. The van der Waals surface area contributed by atoms with Gasteiger partial charge < -0.3 is 10.5 Å². The highest BCUT2D eigenvalue weighted by atomic mass is 35.5. The molecule has 1 fully saturated rings. The zero-order valence-electron chi connectivity index (χ0n) is 6.09. The van der Waals surface area contributed by atoms with Gasteiger partial charge in [-0.2, -0.15) is 0 Å². The van der Waals surface area contributed by atoms with Gasteiger partial charge in [0.05, 0.1) is 17.7 Å². The van der Waals surface area contributed by atoms with Gasteiger partial charge in [-0.1, -0.05) is 23.2 Å². The average molecular weight is 196 g/mol. The summed E-state index contributed by atoms with van der Waals surface area (Å²) in [5, 5.41) is 0.534. The highest BCUT2D eigenvalue weighted by molar-refractivity contribution is 6.36. The van der Waals surface area contributed by atoms with Crippen LogP contribution in [0.4, 0.5) is 0 Å². The monoisotopic (exact) mass is 195 g/mol. The van der Waals surface area contributed by atoms with Gasteiger partial charge in [-0.15, -0.1) is 0 Å². The Kier molecular flexibility index (Phi) is 3.66. The number of nitrogens with two attached hydrogens (primary N) is 1. The molecule has 0 radical (unpaired) electrons. The van der Waals surface area contributed by atoms with Gasteiger partial charge in [0.25, 0.3) is 0 Å². The van der Waals surface area contributed by atoms with Gasteiger partial charge >= 0.3 is 0 Å². The van der Waals surface area contributed by atoms with Gasteiger partial charge in [-0.05, 0) is 12.8 Å². The summed E-state index contributed by atoms with van der Waals surface area (Å²) in [7, 11) is 0. The fourth-order valence-corrected chi connectivity index (χ4v) is 1.10. The first-order valence-corrected chi connectivity index (χ1v) is 4.35. The van der Waals surface area contributed by atoms with E-state index in [1.54, 1.807) is 0 Å². The van der Waals surface area contributed by atoms with Crippen LogP contribution in [0, 0.1) is 0 Å². The molecule has 1 aliphatic carbocycles. The summed E-state index contributed by atoms with van der Waals surface area (Å²) in [5.74, 6) is 0. The average Bonchev–Trinajstić information content (AvgIpc) is 1.95. The van der Waals surface area contributed by atoms with E-state index in [1.165, 1.54) is 5.54 Å². The summed E-state index contributed by atoms with van der Waals surface area (Å²) in [6, 6.07) is 0.318. The molecule has 0 aromatic rings. The fraction of sp³-hybridized carbons (Fsp3) is 0.714. The minimum Gasteiger partial charge on any atom is -0.372 e. The molecule has 0 spiro atoms. The first kappa shape index (κ1) is 9.33. The normalized spacial score (nSPS) is 31.7. The molecular weight excluding hydrogens is 185 g/mol. The number of rotatable bonds is 3. The lowest BCUT2D eigenvalue weighted by Crippen LogP contribution is -2.41. The third-order valence-electron chi connectivity index (χ3n) is 1.71. The van der Waals surface area contributed by atoms with E-state index in [-0.39, 0.29) is 6.10 Å². The number of ether oxygens (including phenoxy) is 1. The Morgan fingerprint density at radius 1 is 1.64 bits per heavy atom. The van der Waals surface area contributed by atoms with E-state index in [4.69, 9.17) is 33.7 Å². The summed E-state index contributed by atoms with van der Waals surface area (Å²) in [4.78, 5) is 0. The van der Waals surface area contributed by atoms with Crippen LogP contribution in [0.5, 0.6) is 0 Å². The molecule has 0 bridgehead atoms. The molecule has 0 unspecified atom stereocenters. The molecule has 0 atom stereocenters. The van der Waals surface area contributed by atoms with Crippen LogP contribution in [0.3, 0.4) is 0 Å². The second kappa shape index (κ2) is 4.31. The van der Waals surface area contributed by atoms with Gasteiger partial charge in [-0.3, -0.25) is 0 Å². The Morgan fingerprint density at radius 2 is 2.27 bits per heavy atom. The van der Waals surface area contributed by atoms with E-state index in [9.17, 15) is 0 Å². The van der Waals surface area contributed by atoms with Gasteiger partial charge in [0.2, 0.25) is 0 Å². The van der Waals surface area contributed by atoms with E-state index in [0.717, 1.165) is 12.8 Å². The largest absolute Gasteiger partial charge is 0.372 e. The number of hydrogen-bond acceptors (Lipinski definition) is 2. The molecule has 64 valence electrons. The first-order chi connectivity index (χ1) is 5.22. The van der Waals surface area contributed by atoms with E-state index >= 15 is 0 Å². The summed E-state index contributed by atoms with van der Waals surface area (Å²) in [6.45, 7) is 0.405. The Hall–Kier alpha value is 0.240. The van der Waals surface area contributed by atoms with E-state index in [2.05, 4.69) is 0 Å². The van der Waals surface area contributed by atoms with Crippen molar-refractivity contribution in [2.75, 3.05) is 6.61 Å². The maximum Gasteiger partial charge on any atom is 0.0835 e. The second-order valence-corrected chi connectivity index (χ2v) is 3.42. The predicted molar refractivity (Wildman–Crippen MR) is 46.7 cm³/mol. The summed E-state index contributed by atoms with van der Waals surface area (Å²) in [5.41, 5.74) is 6.87. The fourth-order valence-electron chi connectivity index (χ4n) is 0.971. The molecule has 0 aliphatic heterocycles. The van der Waals surface area contributed by atoms with E-state index in [1.807, 2.05) is 0 Å². The summed E-state index contributed by atoms with van der Waals surface area (Å²) in [6.07, 6.45) is 2.16. The predicted octanol–water partition coefficient (Wildman–Crippen LogP) is 1.81. The standard InChI is InChI=1S/C7H11Cl2NO/c8-3-5(9)4-11-7-1-6(10)2-7/h3,6-7H,1-2,4,10H2. The van der Waals surface area contributed by atoms with Crippen LogP contribution < -0.4 is 5.73 Å². The van der Waals surface area contributed by atoms with Crippen LogP contribution in [-0.2, 0) is 4.74 Å². The van der Waals surface area contributed by atoms with Crippen molar-refractivity contribution in [3.63, 3.8) is 0 Å². The Labute approximate surface area is 76.3 Å². The van der Waals surface area contributed by atoms with Crippen molar-refractivity contribution >= 4 is 23.2 Å². The SMILES string of the molecule is NC1CC(OCC(Cl)=CCl)C1. The molecular formula is C7H11Cl2NO. The first-order valence-electron chi connectivity index (χ1n) is 3.54. The van der Waals surface area contributed by atoms with Gasteiger partial charge in [0, 0.05) is 11.6 Å². The van der Waals surface area contributed by atoms with E-state index in [0.29, 0.717) is 17.7 Å². The van der Waals surface area contributed by atoms with Gasteiger partial charge in [0.1, 0.15) is 0 Å². The van der Waals surface area contributed by atoms with Gasteiger partial charge in [0.15, 0.2) is 0 Å². The second-order valence-electron chi connectivity index (χ2n) is 2.72. The highest BCUT2D eigenvalue weighted by Crippen LogP contribution is 2.22. The summed E-state index contributed by atoms with van der Waals surface area (Å²) >= 11 is 10.9. The molecule has 2 N–H and O–H groups in total. The van der Waals surface area contributed by atoms with Crippen LogP contribution in [0.2, 0.25) is 0 Å². The number of hydrogen-bond donors (Lipinski definition) is 1. The molecule has 1 saturated carbocycles. The third-order valence-corrected chi connectivity index (χ3v) is 2.30. The van der Waals surface area contributed by atoms with Crippen LogP contribution in [0.1, 0.15) is 12.8 Å². The molecule has 0 aromatic heterocycles. The van der Waals surface area contributed by atoms with Crippen molar-refractivity contribution in [1.29, 1.82) is 0 Å². The van der Waals surface area contributed by atoms with Crippen molar-refractivity contribution in [3.05, 3.63) is 10.6 Å². The summed E-state index contributed by atoms with van der Waals surface area (Å²) < 4.78 is 5.34. The van der Waals surface area contributed by atoms with Crippen molar-refractivity contribution in [2.45, 2.75) is 25.0 Å². The third kappa shape index (κ3) is 2.99. The Morgan fingerprint density at radius 3 is 2.73 bits per heavy atom. The molecule has 0 heterocycles. The Balaban J connectivity index is 2.05. The maximum atomic E-state index is 5.60. The number of halogens is 2. The minimum absolute atomic E-state index is 0.287. The molecule has 0 aromatic carbocycles. The quantitative estimate of drug-likeness (QED) is 0.746. The molecule has 0 amide bonds. The molecule has 1 rings (SSSR count). The van der Waals surface area contributed by atoms with Crippen molar-refractivity contribution < 1.29 is 4.74 Å².